The molecule has 1 atom stereocenters. The van der Waals surface area contributed by atoms with E-state index in [0.717, 1.165) is 16.1 Å². The second-order valence-electron chi connectivity index (χ2n) is 7.70. The molecule has 3 aromatic rings. The number of nitrogens with zero attached hydrogens (tertiary/aromatic N) is 3. The first kappa shape index (κ1) is 23.0. The van der Waals surface area contributed by atoms with Crippen molar-refractivity contribution in [1.29, 1.82) is 0 Å². The minimum atomic E-state index is -0.476. The van der Waals surface area contributed by atoms with E-state index >= 15 is 0 Å². The molecule has 0 radical (unpaired) electrons. The van der Waals surface area contributed by atoms with E-state index < -0.39 is 5.92 Å². The van der Waals surface area contributed by atoms with Gasteiger partial charge in [-0.2, -0.15) is 0 Å². The summed E-state index contributed by atoms with van der Waals surface area (Å²) in [6.45, 7) is 2.19. The van der Waals surface area contributed by atoms with Gasteiger partial charge < -0.3 is 19.7 Å². The van der Waals surface area contributed by atoms with Crippen LogP contribution in [0.2, 0.25) is 5.02 Å². The Kier molecular flexibility index (Phi) is 6.80. The summed E-state index contributed by atoms with van der Waals surface area (Å²) < 4.78 is 10.6. The van der Waals surface area contributed by atoms with Crippen LogP contribution in [0.5, 0.6) is 11.5 Å². The Morgan fingerprint density at radius 2 is 1.97 bits per heavy atom. The Labute approximate surface area is 200 Å². The van der Waals surface area contributed by atoms with Crippen LogP contribution in [-0.4, -0.2) is 42.8 Å². The highest BCUT2D eigenvalue weighted by Gasteiger charge is 2.35. The Balaban J connectivity index is 1.39. The number of aryl methyl sites for hydroxylation is 1. The van der Waals surface area contributed by atoms with Gasteiger partial charge in [0.25, 0.3) is 0 Å². The number of hydrogen-bond donors (Lipinski definition) is 1. The van der Waals surface area contributed by atoms with Crippen molar-refractivity contribution in [3.05, 3.63) is 57.6 Å². The highest BCUT2D eigenvalue weighted by molar-refractivity contribution is 7.15. The van der Waals surface area contributed by atoms with E-state index in [0.29, 0.717) is 40.3 Å². The molecule has 1 aromatic heterocycles. The fraction of sp³-hybridized carbons (Fsp3) is 0.304. The average molecular weight is 487 g/mol. The van der Waals surface area contributed by atoms with E-state index in [4.69, 9.17) is 21.1 Å². The van der Waals surface area contributed by atoms with Crippen LogP contribution >= 0.6 is 22.9 Å². The molecule has 1 fully saturated rings. The monoisotopic (exact) mass is 486 g/mol. The zero-order chi connectivity index (χ0) is 23.5. The maximum Gasteiger partial charge on any atom is 0.231 e. The Bertz CT molecular complexity index is 1200. The van der Waals surface area contributed by atoms with Gasteiger partial charge in [-0.3, -0.25) is 9.59 Å². The zero-order valence-corrected chi connectivity index (χ0v) is 20.0. The third-order valence-electron chi connectivity index (χ3n) is 5.46. The van der Waals surface area contributed by atoms with Crippen molar-refractivity contribution in [3.8, 4) is 11.5 Å². The third kappa shape index (κ3) is 5.09. The third-order valence-corrected chi connectivity index (χ3v) is 6.71. The van der Waals surface area contributed by atoms with Gasteiger partial charge >= 0.3 is 0 Å². The van der Waals surface area contributed by atoms with Gasteiger partial charge in [0.05, 0.1) is 20.1 Å². The van der Waals surface area contributed by atoms with Gasteiger partial charge in [0, 0.05) is 30.1 Å². The second kappa shape index (κ2) is 9.76. The van der Waals surface area contributed by atoms with Gasteiger partial charge in [0.15, 0.2) is 11.5 Å². The van der Waals surface area contributed by atoms with Crippen LogP contribution in [0, 0.1) is 12.8 Å². The number of ether oxygens (including phenoxy) is 2. The predicted molar refractivity (Wildman–Crippen MR) is 128 cm³/mol. The SMILES string of the molecule is COc1ccc(Cc2nnc(NC(=O)C3CC(=O)N(c4ccc(C)c(Cl)c4)C3)s2)cc1OC. The lowest BCUT2D eigenvalue weighted by Gasteiger charge is -2.17. The van der Waals surface area contributed by atoms with Crippen molar-refractivity contribution in [2.24, 2.45) is 5.92 Å². The molecular weight excluding hydrogens is 464 g/mol. The molecule has 8 nitrogen and oxygen atoms in total. The van der Waals surface area contributed by atoms with Crippen molar-refractivity contribution in [3.63, 3.8) is 0 Å². The lowest BCUT2D eigenvalue weighted by atomic mass is 10.1. The summed E-state index contributed by atoms with van der Waals surface area (Å²) >= 11 is 7.49. The first-order chi connectivity index (χ1) is 15.9. The molecule has 1 aliphatic heterocycles. The quantitative estimate of drug-likeness (QED) is 0.540. The summed E-state index contributed by atoms with van der Waals surface area (Å²) in [6, 6.07) is 11.1. The van der Waals surface area contributed by atoms with Gasteiger partial charge in [-0.25, -0.2) is 0 Å². The topological polar surface area (TPSA) is 93.7 Å². The van der Waals surface area contributed by atoms with Crippen molar-refractivity contribution in [1.82, 2.24) is 10.2 Å². The van der Waals surface area contributed by atoms with Crippen molar-refractivity contribution < 1.29 is 19.1 Å². The van der Waals surface area contributed by atoms with E-state index in [-0.39, 0.29) is 18.2 Å². The standard InChI is InChI=1S/C23H23ClN4O4S/c1-13-4-6-16(11-17(13)24)28-12-15(10-21(28)29)22(30)25-23-27-26-20(33-23)9-14-5-7-18(31-2)19(8-14)32-3/h4-8,11,15H,9-10,12H2,1-3H3,(H,25,27,30). The Morgan fingerprint density at radius 1 is 1.18 bits per heavy atom. The number of anilines is 2. The molecule has 33 heavy (non-hydrogen) atoms. The van der Waals surface area contributed by atoms with E-state index in [1.807, 2.05) is 37.3 Å². The van der Waals surface area contributed by atoms with E-state index in [1.165, 1.54) is 11.3 Å². The van der Waals surface area contributed by atoms with E-state index in [9.17, 15) is 9.59 Å². The molecular formula is C23H23ClN4O4S. The minimum absolute atomic E-state index is 0.110. The molecule has 10 heteroatoms. The van der Waals surface area contributed by atoms with Crippen LogP contribution in [0.15, 0.2) is 36.4 Å². The largest absolute Gasteiger partial charge is 0.493 e. The number of halogens is 1. The summed E-state index contributed by atoms with van der Waals surface area (Å²) in [7, 11) is 3.17. The molecule has 1 aliphatic rings. The number of amides is 2. The van der Waals surface area contributed by atoms with Gasteiger partial charge in [0.2, 0.25) is 16.9 Å². The van der Waals surface area contributed by atoms with Crippen LogP contribution in [0.3, 0.4) is 0 Å². The van der Waals surface area contributed by atoms with Crippen LogP contribution < -0.4 is 19.7 Å². The smallest absolute Gasteiger partial charge is 0.231 e. The number of aromatic nitrogens is 2. The second-order valence-corrected chi connectivity index (χ2v) is 9.16. The maximum atomic E-state index is 12.8. The van der Waals surface area contributed by atoms with Crippen LogP contribution in [0.1, 0.15) is 22.6 Å². The van der Waals surface area contributed by atoms with Crippen molar-refractivity contribution in [2.45, 2.75) is 19.8 Å². The number of nitrogens with one attached hydrogen (secondary N) is 1. The van der Waals surface area contributed by atoms with Gasteiger partial charge in [-0.1, -0.05) is 35.1 Å². The van der Waals surface area contributed by atoms with Crippen LogP contribution in [0.4, 0.5) is 10.8 Å². The molecule has 1 N–H and O–H groups in total. The number of rotatable bonds is 7. The Morgan fingerprint density at radius 3 is 2.70 bits per heavy atom. The lowest BCUT2D eigenvalue weighted by molar-refractivity contribution is -0.122. The zero-order valence-electron chi connectivity index (χ0n) is 18.4. The first-order valence-corrected chi connectivity index (χ1v) is 11.5. The summed E-state index contributed by atoms with van der Waals surface area (Å²) in [5, 5.41) is 12.8. The fourth-order valence-electron chi connectivity index (χ4n) is 3.63. The fourth-order valence-corrected chi connectivity index (χ4v) is 4.58. The lowest BCUT2D eigenvalue weighted by Crippen LogP contribution is -2.28. The van der Waals surface area contributed by atoms with Gasteiger partial charge in [0.1, 0.15) is 5.01 Å². The summed E-state index contributed by atoms with van der Waals surface area (Å²) in [6.07, 6.45) is 0.673. The molecule has 2 aromatic carbocycles. The Hall–Kier alpha value is -3.17. The molecule has 2 amide bonds. The number of carbonyl (C=O) groups excluding carboxylic acids is 2. The molecule has 2 heterocycles. The molecule has 0 bridgehead atoms. The number of carbonyl (C=O) groups is 2. The maximum absolute atomic E-state index is 12.8. The number of methoxy groups -OCH3 is 2. The van der Waals surface area contributed by atoms with Crippen LogP contribution in [-0.2, 0) is 16.0 Å². The number of benzene rings is 2. The normalized spacial score (nSPS) is 15.6. The molecule has 1 unspecified atom stereocenters. The predicted octanol–water partition coefficient (Wildman–Crippen LogP) is 4.10. The number of hydrogen-bond acceptors (Lipinski definition) is 7. The highest BCUT2D eigenvalue weighted by Crippen LogP contribution is 2.31. The van der Waals surface area contributed by atoms with E-state index in [1.54, 1.807) is 25.2 Å². The average Bonchev–Trinajstić information content (AvgIpc) is 3.41. The molecule has 172 valence electrons. The molecule has 0 saturated carbocycles. The molecule has 0 spiro atoms. The van der Waals surface area contributed by atoms with Crippen LogP contribution in [0.25, 0.3) is 0 Å². The van der Waals surface area contributed by atoms with Crippen molar-refractivity contribution in [2.75, 3.05) is 31.0 Å². The van der Waals surface area contributed by atoms with Gasteiger partial charge in [-0.05, 0) is 42.3 Å². The summed E-state index contributed by atoms with van der Waals surface area (Å²) in [5.74, 6) is 0.452. The molecule has 0 aliphatic carbocycles. The summed E-state index contributed by atoms with van der Waals surface area (Å²) in [4.78, 5) is 26.9. The van der Waals surface area contributed by atoms with Crippen molar-refractivity contribution >= 4 is 45.6 Å². The van der Waals surface area contributed by atoms with E-state index in [2.05, 4.69) is 15.5 Å². The minimum Gasteiger partial charge on any atom is -0.493 e. The highest BCUT2D eigenvalue weighted by atomic mass is 35.5. The first-order valence-electron chi connectivity index (χ1n) is 10.3. The van der Waals surface area contributed by atoms with Gasteiger partial charge in [-0.15, -0.1) is 10.2 Å². The molecule has 4 rings (SSSR count). The molecule has 1 saturated heterocycles. The summed E-state index contributed by atoms with van der Waals surface area (Å²) in [5.41, 5.74) is 2.61.